The summed E-state index contributed by atoms with van der Waals surface area (Å²) in [5, 5.41) is 24.4. The van der Waals surface area contributed by atoms with E-state index in [4.69, 9.17) is 0 Å². The van der Waals surface area contributed by atoms with Crippen LogP contribution < -0.4 is 26.2 Å². The van der Waals surface area contributed by atoms with Crippen LogP contribution in [0.4, 0.5) is 34.1 Å². The average molecular weight is 1160 g/mol. The van der Waals surface area contributed by atoms with Gasteiger partial charge in [0.1, 0.15) is 12.1 Å². The van der Waals surface area contributed by atoms with Crippen molar-refractivity contribution in [3.63, 3.8) is 0 Å². The van der Waals surface area contributed by atoms with E-state index in [1.807, 2.05) is 12.1 Å². The Morgan fingerprint density at radius 3 is 0.681 bits per heavy atom. The predicted molar refractivity (Wildman–Crippen MR) is 379 cm³/mol. The van der Waals surface area contributed by atoms with Gasteiger partial charge in [0, 0.05) is 33.6 Å². The Hall–Kier alpha value is -12.3. The summed E-state index contributed by atoms with van der Waals surface area (Å²) in [4.78, 5) is 4.90. The van der Waals surface area contributed by atoms with Crippen LogP contribution >= 0.6 is 0 Å². The van der Waals surface area contributed by atoms with Crippen LogP contribution in [-0.4, -0.2) is 6.71 Å². The van der Waals surface area contributed by atoms with Crippen LogP contribution in [0.1, 0.15) is 11.1 Å². The van der Waals surface area contributed by atoms with Gasteiger partial charge in [0.15, 0.2) is 0 Å². The van der Waals surface area contributed by atoms with Crippen molar-refractivity contribution in [2.45, 2.75) is 0 Å². The highest BCUT2D eigenvalue weighted by Crippen LogP contribution is 2.56. The SMILES string of the molecule is N#Cc1cc(-c2ccccc2)cc2c1N(c1c(-c3ccccc3)cc(-c3ccccc3)cc1-c1ccccc1)c1cc(-c3ccccc3)cc3c1B2c1cc(-c2ccccc2)cc(C#N)c1N3c1c(-c2ccccc2)cc(-c2ccccc2)cc1-c1ccccc1. The highest BCUT2D eigenvalue weighted by Gasteiger charge is 2.47. The molecule has 0 aliphatic carbocycles. The van der Waals surface area contributed by atoms with Crippen molar-refractivity contribution in [2.24, 2.45) is 0 Å². The molecular weight excluding hydrogens is 1100 g/mol. The van der Waals surface area contributed by atoms with Gasteiger partial charge in [-0.05, 0) is 143 Å². The van der Waals surface area contributed by atoms with Gasteiger partial charge in [0.05, 0.1) is 33.9 Å². The third-order valence-corrected chi connectivity index (χ3v) is 18.0. The smallest absolute Gasteiger partial charge is 0.252 e. The fourth-order valence-electron chi connectivity index (χ4n) is 14.0. The molecule has 0 aromatic heterocycles. The molecule has 0 fully saturated rings. The Balaban J connectivity index is 1.13. The van der Waals surface area contributed by atoms with E-state index in [0.29, 0.717) is 11.1 Å². The molecule has 5 heteroatoms. The molecule has 0 spiro atoms. The average Bonchev–Trinajstić information content (AvgIpc) is 0.690. The summed E-state index contributed by atoms with van der Waals surface area (Å²) >= 11 is 0. The van der Waals surface area contributed by atoms with Crippen LogP contribution in [0.15, 0.2) is 334 Å². The first-order valence-corrected chi connectivity index (χ1v) is 30.9. The van der Waals surface area contributed by atoms with Crippen LogP contribution in [0, 0.1) is 22.7 Å². The van der Waals surface area contributed by atoms with Gasteiger partial charge in [0.2, 0.25) is 0 Å². The molecule has 0 unspecified atom stereocenters. The fraction of sp³-hybridized carbons (Fsp3) is 0. The molecule has 14 aromatic rings. The zero-order valence-electron chi connectivity index (χ0n) is 49.6. The van der Waals surface area contributed by atoms with E-state index in [-0.39, 0.29) is 0 Å². The Morgan fingerprint density at radius 2 is 0.440 bits per heavy atom. The van der Waals surface area contributed by atoms with Gasteiger partial charge < -0.3 is 9.80 Å². The Kier molecular flexibility index (Phi) is 13.7. The van der Waals surface area contributed by atoms with Gasteiger partial charge in [-0.2, -0.15) is 10.5 Å². The van der Waals surface area contributed by atoms with Gasteiger partial charge in [-0.1, -0.05) is 285 Å². The molecule has 0 bridgehead atoms. The van der Waals surface area contributed by atoms with Crippen molar-refractivity contribution in [1.29, 1.82) is 10.5 Å². The zero-order valence-corrected chi connectivity index (χ0v) is 49.6. The number of benzene rings is 14. The Bertz CT molecular complexity index is 4720. The van der Waals surface area contributed by atoms with Gasteiger partial charge in [-0.3, -0.25) is 0 Å². The molecule has 2 aliphatic rings. The summed E-state index contributed by atoms with van der Waals surface area (Å²) in [7, 11) is 0. The van der Waals surface area contributed by atoms with Crippen LogP contribution in [0.5, 0.6) is 0 Å². The summed E-state index contributed by atoms with van der Waals surface area (Å²) in [5.74, 6) is 0. The first-order chi connectivity index (χ1) is 45.1. The molecule has 0 atom stereocenters. The molecule has 0 N–H and O–H groups in total. The van der Waals surface area contributed by atoms with E-state index in [9.17, 15) is 10.5 Å². The lowest BCUT2D eigenvalue weighted by Crippen LogP contribution is -2.62. The van der Waals surface area contributed by atoms with Crippen LogP contribution in [0.25, 0.3) is 100 Å². The van der Waals surface area contributed by atoms with E-state index < -0.39 is 6.71 Å². The van der Waals surface area contributed by atoms with Crippen molar-refractivity contribution >= 4 is 57.2 Å². The molecule has 0 radical (unpaired) electrons. The van der Waals surface area contributed by atoms with Gasteiger partial charge in [-0.15, -0.1) is 0 Å². The second-order valence-electron chi connectivity index (χ2n) is 23.3. The lowest BCUT2D eigenvalue weighted by Gasteiger charge is -2.46. The molecule has 0 amide bonds. The summed E-state index contributed by atoms with van der Waals surface area (Å²) < 4.78 is 0. The molecule has 0 saturated heterocycles. The first-order valence-electron chi connectivity index (χ1n) is 30.9. The number of nitriles is 2. The molecule has 2 heterocycles. The summed E-state index contributed by atoms with van der Waals surface area (Å²) in [6, 6.07) is 124. The molecule has 91 heavy (non-hydrogen) atoms. The van der Waals surface area contributed by atoms with Crippen LogP contribution in [-0.2, 0) is 0 Å². The van der Waals surface area contributed by atoms with Crippen molar-refractivity contribution in [3.05, 3.63) is 345 Å². The first kappa shape index (κ1) is 54.1. The fourth-order valence-corrected chi connectivity index (χ4v) is 14.0. The number of anilines is 6. The van der Waals surface area contributed by atoms with E-state index in [0.717, 1.165) is 151 Å². The minimum absolute atomic E-state index is 0.522. The number of nitrogens with zero attached hydrogens (tertiary/aromatic N) is 4. The maximum atomic E-state index is 12.2. The van der Waals surface area contributed by atoms with E-state index >= 15 is 0 Å². The molecule has 14 aromatic carbocycles. The Morgan fingerprint density at radius 1 is 0.220 bits per heavy atom. The van der Waals surface area contributed by atoms with Crippen LogP contribution in [0.2, 0.25) is 0 Å². The standard InChI is InChI=1S/C86H55BN4/c88-56-72-46-67(58-28-10-1-11-29-58)52-78-83(72)90(85-74(63-38-20-6-21-39-63)48-69(60-32-14-3-15-33-60)49-75(85)64-40-22-7-23-41-64)80-54-71(62-36-18-5-19-37-62)55-81-82(80)87(78)79-53-68(59-30-12-2-13-31-59)47-73(57-89)84(79)91(81)86-76(65-42-24-8-25-43-65)50-70(61-34-16-4-17-35-61)51-77(86)66-44-26-9-27-45-66/h1-55H. The number of fused-ring (bicyclic) bond motifs is 4. The van der Waals surface area contributed by atoms with Crippen molar-refractivity contribution in [3.8, 4) is 112 Å². The minimum atomic E-state index is -0.522. The third-order valence-electron chi connectivity index (χ3n) is 18.0. The van der Waals surface area contributed by atoms with Crippen LogP contribution in [0.3, 0.4) is 0 Å². The van der Waals surface area contributed by atoms with Gasteiger partial charge in [-0.25, -0.2) is 0 Å². The topological polar surface area (TPSA) is 54.1 Å². The molecule has 422 valence electrons. The summed E-state index contributed by atoms with van der Waals surface area (Å²) in [5.41, 5.74) is 27.5. The second kappa shape index (κ2) is 23.1. The summed E-state index contributed by atoms with van der Waals surface area (Å²) in [6.07, 6.45) is 0. The monoisotopic (exact) mass is 1150 g/mol. The number of hydrogen-bond donors (Lipinski definition) is 0. The molecule has 0 saturated carbocycles. The molecular formula is C86H55BN4. The lowest BCUT2D eigenvalue weighted by molar-refractivity contribution is 1.24. The largest absolute Gasteiger partial charge is 0.309 e. The normalized spacial score (nSPS) is 11.9. The number of hydrogen-bond acceptors (Lipinski definition) is 4. The summed E-state index contributed by atoms with van der Waals surface area (Å²) in [6.45, 7) is -0.522. The Labute approximate surface area is 531 Å². The van der Waals surface area contributed by atoms with E-state index in [1.165, 1.54) is 0 Å². The molecule has 16 rings (SSSR count). The molecule has 4 nitrogen and oxygen atoms in total. The third kappa shape index (κ3) is 9.58. The quantitative estimate of drug-likeness (QED) is 0.121. The maximum Gasteiger partial charge on any atom is 0.252 e. The van der Waals surface area contributed by atoms with Gasteiger partial charge >= 0.3 is 0 Å². The van der Waals surface area contributed by atoms with E-state index in [2.05, 4.69) is 343 Å². The lowest BCUT2D eigenvalue weighted by atomic mass is 9.33. The number of rotatable bonds is 11. The second-order valence-corrected chi connectivity index (χ2v) is 23.3. The highest BCUT2D eigenvalue weighted by molar-refractivity contribution is 7.00. The van der Waals surface area contributed by atoms with Crippen molar-refractivity contribution < 1.29 is 0 Å². The van der Waals surface area contributed by atoms with E-state index in [1.54, 1.807) is 0 Å². The van der Waals surface area contributed by atoms with Crippen molar-refractivity contribution in [2.75, 3.05) is 9.80 Å². The maximum absolute atomic E-state index is 12.2. The highest BCUT2D eigenvalue weighted by atomic mass is 15.2. The predicted octanol–water partition coefficient (Wildman–Crippen LogP) is 20.5. The minimum Gasteiger partial charge on any atom is -0.309 e. The molecule has 2 aliphatic heterocycles. The zero-order chi connectivity index (χ0) is 60.8. The van der Waals surface area contributed by atoms with Gasteiger partial charge in [0.25, 0.3) is 6.71 Å². The van der Waals surface area contributed by atoms with Crippen molar-refractivity contribution in [1.82, 2.24) is 0 Å².